The van der Waals surface area contributed by atoms with E-state index in [2.05, 4.69) is 10.6 Å². The number of carbonyl (C=O) groups excluding carboxylic acids is 2. The molecule has 0 saturated heterocycles. The number of benzene rings is 1. The first-order valence-corrected chi connectivity index (χ1v) is 7.40. The molecule has 6 nitrogen and oxygen atoms in total. The summed E-state index contributed by atoms with van der Waals surface area (Å²) < 4.78 is 5.03. The zero-order valence-electron chi connectivity index (χ0n) is 13.8. The Morgan fingerprint density at radius 1 is 1.17 bits per heavy atom. The van der Waals surface area contributed by atoms with E-state index in [1.807, 2.05) is 6.92 Å². The largest absolute Gasteiger partial charge is 0.497 e. The highest BCUT2D eigenvalue weighted by Crippen LogP contribution is 2.11. The number of hydrogen-bond donors (Lipinski definition) is 3. The molecule has 0 saturated carbocycles. The van der Waals surface area contributed by atoms with Crippen molar-refractivity contribution in [1.29, 1.82) is 0 Å². The molecule has 1 aromatic rings. The fraction of sp³-hybridized carbons (Fsp3) is 0.500. The maximum Gasteiger partial charge on any atom is 0.251 e. The molecule has 0 radical (unpaired) electrons. The van der Waals surface area contributed by atoms with Crippen molar-refractivity contribution in [3.63, 3.8) is 0 Å². The molecule has 1 unspecified atom stereocenters. The second kappa shape index (κ2) is 10.1. The molecule has 23 heavy (non-hydrogen) atoms. The predicted molar refractivity (Wildman–Crippen MR) is 93.1 cm³/mol. The number of nitrogens with one attached hydrogen (secondary N) is 2. The van der Waals surface area contributed by atoms with Crippen molar-refractivity contribution in [1.82, 2.24) is 10.6 Å². The molecular formula is C16H26ClN3O3. The number of nitrogens with two attached hydrogens (primary N) is 1. The quantitative estimate of drug-likeness (QED) is 0.623. The molecular weight excluding hydrogens is 318 g/mol. The Kier molecular flexibility index (Phi) is 9.29. The van der Waals surface area contributed by atoms with Crippen LogP contribution in [-0.2, 0) is 4.79 Å². The van der Waals surface area contributed by atoms with Crippen LogP contribution in [0, 0.1) is 0 Å². The van der Waals surface area contributed by atoms with Crippen LogP contribution in [0.1, 0.15) is 37.0 Å². The van der Waals surface area contributed by atoms with E-state index in [4.69, 9.17) is 10.5 Å². The fourth-order valence-corrected chi connectivity index (χ4v) is 2.03. The summed E-state index contributed by atoms with van der Waals surface area (Å²) in [6, 6.07) is 6.82. The molecule has 1 aromatic carbocycles. The molecule has 0 aromatic heterocycles. The molecule has 2 amide bonds. The molecule has 0 heterocycles. The molecule has 130 valence electrons. The minimum Gasteiger partial charge on any atom is -0.497 e. The summed E-state index contributed by atoms with van der Waals surface area (Å²) in [4.78, 5) is 23.8. The molecule has 1 rings (SSSR count). The Morgan fingerprint density at radius 2 is 1.74 bits per heavy atom. The van der Waals surface area contributed by atoms with Crippen LogP contribution in [0.15, 0.2) is 24.3 Å². The van der Waals surface area contributed by atoms with Gasteiger partial charge in [-0.05, 0) is 37.6 Å². The van der Waals surface area contributed by atoms with Gasteiger partial charge in [0.15, 0.2) is 0 Å². The first-order chi connectivity index (χ1) is 10.4. The smallest absolute Gasteiger partial charge is 0.251 e. The van der Waals surface area contributed by atoms with Crippen molar-refractivity contribution in [2.75, 3.05) is 20.2 Å². The lowest BCUT2D eigenvalue weighted by molar-refractivity contribution is -0.126. The Bertz CT molecular complexity index is 504. The van der Waals surface area contributed by atoms with E-state index in [0.29, 0.717) is 30.8 Å². The van der Waals surface area contributed by atoms with Gasteiger partial charge in [0.05, 0.1) is 12.6 Å². The Balaban J connectivity index is 0.00000484. The van der Waals surface area contributed by atoms with Gasteiger partial charge in [0.25, 0.3) is 5.91 Å². The summed E-state index contributed by atoms with van der Waals surface area (Å²) in [6.07, 6.45) is 1.46. The van der Waals surface area contributed by atoms with Crippen molar-refractivity contribution in [3.8, 4) is 5.75 Å². The zero-order chi connectivity index (χ0) is 16.6. The number of hydrogen-bond acceptors (Lipinski definition) is 4. The number of carbonyl (C=O) groups is 2. The fourth-order valence-electron chi connectivity index (χ4n) is 2.03. The number of ether oxygens (including phenoxy) is 1. The Hall–Kier alpha value is -1.79. The van der Waals surface area contributed by atoms with E-state index in [1.165, 1.54) is 0 Å². The molecule has 0 bridgehead atoms. The van der Waals surface area contributed by atoms with Crippen LogP contribution in [0.5, 0.6) is 5.75 Å². The highest BCUT2D eigenvalue weighted by molar-refractivity contribution is 5.94. The molecule has 0 aliphatic heterocycles. The van der Waals surface area contributed by atoms with Crippen LogP contribution in [0.3, 0.4) is 0 Å². The summed E-state index contributed by atoms with van der Waals surface area (Å²) in [5, 5.41) is 5.47. The molecule has 0 aliphatic rings. The maximum atomic E-state index is 11.9. The third-order valence-electron chi connectivity index (χ3n) is 3.34. The molecule has 7 heteroatoms. The van der Waals surface area contributed by atoms with E-state index in [0.717, 1.165) is 6.42 Å². The van der Waals surface area contributed by atoms with Crippen LogP contribution in [0.2, 0.25) is 0 Å². The second-order valence-electron chi connectivity index (χ2n) is 5.41. The topological polar surface area (TPSA) is 93.5 Å². The van der Waals surface area contributed by atoms with Gasteiger partial charge in [-0.3, -0.25) is 9.59 Å². The van der Waals surface area contributed by atoms with E-state index < -0.39 is 5.54 Å². The summed E-state index contributed by atoms with van der Waals surface area (Å²) in [5.74, 6) is 0.302. The molecule has 0 spiro atoms. The van der Waals surface area contributed by atoms with Crippen LogP contribution >= 0.6 is 12.4 Å². The van der Waals surface area contributed by atoms with Gasteiger partial charge in [0, 0.05) is 18.7 Å². The summed E-state index contributed by atoms with van der Waals surface area (Å²) >= 11 is 0. The number of halogens is 1. The van der Waals surface area contributed by atoms with Crippen molar-refractivity contribution >= 4 is 24.2 Å². The first kappa shape index (κ1) is 21.2. The van der Waals surface area contributed by atoms with Crippen LogP contribution in [0.4, 0.5) is 0 Å². The molecule has 0 aliphatic carbocycles. The standard InChI is InChI=1S/C16H25N3O3.ClH/c1-4-9-16(2,17)15(21)19-11-10-18-14(20)12-5-7-13(22-3)8-6-12;/h5-8H,4,9-11,17H2,1-3H3,(H,18,20)(H,19,21);1H. The monoisotopic (exact) mass is 343 g/mol. The minimum atomic E-state index is -0.866. The first-order valence-electron chi connectivity index (χ1n) is 7.40. The predicted octanol–water partition coefficient (Wildman–Crippen LogP) is 1.48. The van der Waals surface area contributed by atoms with Crippen molar-refractivity contribution in [3.05, 3.63) is 29.8 Å². The average Bonchev–Trinajstić information content (AvgIpc) is 2.51. The third-order valence-corrected chi connectivity index (χ3v) is 3.34. The van der Waals surface area contributed by atoms with Gasteiger partial charge in [0.1, 0.15) is 5.75 Å². The maximum absolute atomic E-state index is 11.9. The second-order valence-corrected chi connectivity index (χ2v) is 5.41. The summed E-state index contributed by atoms with van der Waals surface area (Å²) in [7, 11) is 1.57. The Labute approximate surface area is 143 Å². The number of amides is 2. The van der Waals surface area contributed by atoms with Crippen LogP contribution < -0.4 is 21.1 Å². The number of methoxy groups -OCH3 is 1. The molecule has 1 atom stereocenters. The van der Waals surface area contributed by atoms with Gasteiger partial charge < -0.3 is 21.1 Å². The van der Waals surface area contributed by atoms with Crippen molar-refractivity contribution in [2.45, 2.75) is 32.2 Å². The summed E-state index contributed by atoms with van der Waals surface area (Å²) in [5.41, 5.74) is 5.60. The van der Waals surface area contributed by atoms with Crippen molar-refractivity contribution in [2.24, 2.45) is 5.73 Å². The van der Waals surface area contributed by atoms with Crippen molar-refractivity contribution < 1.29 is 14.3 Å². The van der Waals surface area contributed by atoms with Gasteiger partial charge in [-0.15, -0.1) is 12.4 Å². The van der Waals surface area contributed by atoms with E-state index >= 15 is 0 Å². The molecule has 4 N–H and O–H groups in total. The van der Waals surface area contributed by atoms with E-state index in [1.54, 1.807) is 38.3 Å². The van der Waals surface area contributed by atoms with Gasteiger partial charge in [-0.2, -0.15) is 0 Å². The minimum absolute atomic E-state index is 0. The van der Waals surface area contributed by atoms with E-state index in [9.17, 15) is 9.59 Å². The number of rotatable bonds is 8. The zero-order valence-corrected chi connectivity index (χ0v) is 14.7. The SMILES string of the molecule is CCCC(C)(N)C(=O)NCCNC(=O)c1ccc(OC)cc1.Cl. The van der Waals surface area contributed by atoms with Gasteiger partial charge in [-0.25, -0.2) is 0 Å². The van der Waals surface area contributed by atoms with E-state index in [-0.39, 0.29) is 24.2 Å². The normalized spacial score (nSPS) is 12.5. The third kappa shape index (κ3) is 6.88. The lowest BCUT2D eigenvalue weighted by atomic mass is 9.97. The van der Waals surface area contributed by atoms with Crippen LogP contribution in [-0.4, -0.2) is 37.6 Å². The summed E-state index contributed by atoms with van der Waals surface area (Å²) in [6.45, 7) is 4.38. The lowest BCUT2D eigenvalue weighted by Crippen LogP contribution is -2.52. The highest BCUT2D eigenvalue weighted by atomic mass is 35.5. The average molecular weight is 344 g/mol. The molecule has 0 fully saturated rings. The van der Waals surface area contributed by atoms with Gasteiger partial charge in [0.2, 0.25) is 5.91 Å². The highest BCUT2D eigenvalue weighted by Gasteiger charge is 2.26. The Morgan fingerprint density at radius 3 is 2.26 bits per heavy atom. The lowest BCUT2D eigenvalue weighted by Gasteiger charge is -2.22. The van der Waals surface area contributed by atoms with Gasteiger partial charge >= 0.3 is 0 Å². The van der Waals surface area contributed by atoms with Gasteiger partial charge in [-0.1, -0.05) is 13.3 Å². The van der Waals surface area contributed by atoms with Crippen LogP contribution in [0.25, 0.3) is 0 Å².